The van der Waals surface area contributed by atoms with Crippen molar-refractivity contribution in [3.05, 3.63) is 69.2 Å². The molecule has 1 nitrogen and oxygen atoms in total. The molecule has 2 rings (SSSR count). The SMILES string of the molecule is O=C(c1ccc(C(F)(F)F)cc1)c1c(F)ccc(Br)c1F. The maximum atomic E-state index is 13.8. The quantitative estimate of drug-likeness (QED) is 0.417. The summed E-state index contributed by atoms with van der Waals surface area (Å²) in [6.45, 7) is 0. The molecule has 21 heavy (non-hydrogen) atoms. The number of rotatable bonds is 2. The average Bonchev–Trinajstić information content (AvgIpc) is 2.42. The molecule has 0 saturated carbocycles. The van der Waals surface area contributed by atoms with Gasteiger partial charge in [0.05, 0.1) is 15.6 Å². The van der Waals surface area contributed by atoms with Crippen molar-refractivity contribution in [1.29, 1.82) is 0 Å². The highest BCUT2D eigenvalue weighted by atomic mass is 79.9. The first-order valence-electron chi connectivity index (χ1n) is 5.57. The lowest BCUT2D eigenvalue weighted by Gasteiger charge is -2.08. The summed E-state index contributed by atoms with van der Waals surface area (Å²) in [4.78, 5) is 12.0. The van der Waals surface area contributed by atoms with Crippen molar-refractivity contribution < 1.29 is 26.7 Å². The van der Waals surface area contributed by atoms with Crippen LogP contribution in [-0.2, 0) is 6.18 Å². The van der Waals surface area contributed by atoms with E-state index >= 15 is 0 Å². The maximum Gasteiger partial charge on any atom is 0.416 e. The molecule has 0 aliphatic heterocycles. The van der Waals surface area contributed by atoms with Gasteiger partial charge in [-0.25, -0.2) is 8.78 Å². The van der Waals surface area contributed by atoms with Crippen molar-refractivity contribution >= 4 is 21.7 Å². The van der Waals surface area contributed by atoms with E-state index in [2.05, 4.69) is 15.9 Å². The molecule has 0 spiro atoms. The summed E-state index contributed by atoms with van der Waals surface area (Å²) in [6.07, 6.45) is -4.55. The molecule has 0 fully saturated rings. The van der Waals surface area contributed by atoms with Gasteiger partial charge in [-0.05, 0) is 40.2 Å². The molecule has 2 aromatic rings. The maximum absolute atomic E-state index is 13.8. The van der Waals surface area contributed by atoms with E-state index in [0.29, 0.717) is 12.1 Å². The van der Waals surface area contributed by atoms with Gasteiger partial charge in [-0.2, -0.15) is 13.2 Å². The van der Waals surface area contributed by atoms with E-state index < -0.39 is 34.7 Å². The molecule has 0 N–H and O–H groups in total. The molecule has 110 valence electrons. The number of alkyl halides is 3. The third kappa shape index (κ3) is 3.12. The van der Waals surface area contributed by atoms with Crippen molar-refractivity contribution in [2.45, 2.75) is 6.18 Å². The van der Waals surface area contributed by atoms with Crippen molar-refractivity contribution in [1.82, 2.24) is 0 Å². The van der Waals surface area contributed by atoms with Gasteiger partial charge in [-0.3, -0.25) is 4.79 Å². The second-order valence-electron chi connectivity index (χ2n) is 4.12. The molecule has 0 aliphatic carbocycles. The second-order valence-corrected chi connectivity index (χ2v) is 4.98. The molecular weight excluding hydrogens is 359 g/mol. The van der Waals surface area contributed by atoms with Crippen LogP contribution < -0.4 is 0 Å². The minimum atomic E-state index is -4.55. The molecule has 0 bridgehead atoms. The van der Waals surface area contributed by atoms with Crippen molar-refractivity contribution in [2.24, 2.45) is 0 Å². The molecule has 2 aromatic carbocycles. The van der Waals surface area contributed by atoms with Crippen LogP contribution in [0.4, 0.5) is 22.0 Å². The van der Waals surface area contributed by atoms with Gasteiger partial charge in [-0.15, -0.1) is 0 Å². The topological polar surface area (TPSA) is 17.1 Å². The predicted octanol–water partition coefficient (Wildman–Crippen LogP) is 4.98. The Morgan fingerprint density at radius 1 is 0.952 bits per heavy atom. The van der Waals surface area contributed by atoms with Crippen LogP contribution in [0.1, 0.15) is 21.5 Å². The molecule has 0 aromatic heterocycles. The molecule has 0 atom stereocenters. The van der Waals surface area contributed by atoms with E-state index in [9.17, 15) is 26.7 Å². The Morgan fingerprint density at radius 2 is 1.52 bits per heavy atom. The molecular formula is C14H6BrF5O. The lowest BCUT2D eigenvalue weighted by Crippen LogP contribution is -2.09. The lowest BCUT2D eigenvalue weighted by atomic mass is 10.0. The summed E-state index contributed by atoms with van der Waals surface area (Å²) in [7, 11) is 0. The lowest BCUT2D eigenvalue weighted by molar-refractivity contribution is -0.137. The number of hydrogen-bond donors (Lipinski definition) is 0. The normalized spacial score (nSPS) is 11.5. The third-order valence-corrected chi connectivity index (χ3v) is 3.36. The van der Waals surface area contributed by atoms with Crippen molar-refractivity contribution in [2.75, 3.05) is 0 Å². The average molecular weight is 365 g/mol. The number of carbonyl (C=O) groups is 1. The zero-order chi connectivity index (χ0) is 15.8. The van der Waals surface area contributed by atoms with E-state index in [0.717, 1.165) is 24.3 Å². The van der Waals surface area contributed by atoms with Gasteiger partial charge in [-0.1, -0.05) is 12.1 Å². The fraction of sp³-hybridized carbons (Fsp3) is 0.0714. The minimum Gasteiger partial charge on any atom is -0.288 e. The molecule has 0 saturated heterocycles. The number of hydrogen-bond acceptors (Lipinski definition) is 1. The number of carbonyl (C=O) groups excluding carboxylic acids is 1. The van der Waals surface area contributed by atoms with E-state index in [4.69, 9.17) is 0 Å². The van der Waals surface area contributed by atoms with Crippen LogP contribution >= 0.6 is 15.9 Å². The number of ketones is 1. The van der Waals surface area contributed by atoms with Gasteiger partial charge in [0.15, 0.2) is 11.6 Å². The van der Waals surface area contributed by atoms with Crippen LogP contribution in [0.3, 0.4) is 0 Å². The fourth-order valence-corrected chi connectivity index (χ4v) is 2.02. The highest BCUT2D eigenvalue weighted by Crippen LogP contribution is 2.30. The Kier molecular flexibility index (Phi) is 4.13. The highest BCUT2D eigenvalue weighted by Gasteiger charge is 2.30. The zero-order valence-corrected chi connectivity index (χ0v) is 11.7. The molecule has 0 radical (unpaired) electrons. The molecule has 0 amide bonds. The summed E-state index contributed by atoms with van der Waals surface area (Å²) >= 11 is 2.82. The largest absolute Gasteiger partial charge is 0.416 e. The van der Waals surface area contributed by atoms with Gasteiger partial charge >= 0.3 is 6.18 Å². The molecule has 7 heteroatoms. The van der Waals surface area contributed by atoms with Gasteiger partial charge in [0.1, 0.15) is 5.82 Å². The van der Waals surface area contributed by atoms with Gasteiger partial charge in [0.2, 0.25) is 0 Å². The van der Waals surface area contributed by atoms with Gasteiger partial charge in [0.25, 0.3) is 0 Å². The first-order valence-corrected chi connectivity index (χ1v) is 6.36. The summed E-state index contributed by atoms with van der Waals surface area (Å²) in [6, 6.07) is 5.11. The zero-order valence-electron chi connectivity index (χ0n) is 10.1. The highest BCUT2D eigenvalue weighted by molar-refractivity contribution is 9.10. The predicted molar refractivity (Wildman–Crippen MR) is 68.9 cm³/mol. The minimum absolute atomic E-state index is 0.112. The first-order chi connectivity index (χ1) is 9.71. The Hall–Kier alpha value is -1.76. The number of benzene rings is 2. The fourth-order valence-electron chi connectivity index (χ4n) is 1.69. The monoisotopic (exact) mass is 364 g/mol. The summed E-state index contributed by atoms with van der Waals surface area (Å²) in [5.74, 6) is -3.21. The van der Waals surface area contributed by atoms with Gasteiger partial charge in [0, 0.05) is 5.56 Å². The Labute approximate surface area is 124 Å². The smallest absolute Gasteiger partial charge is 0.288 e. The second kappa shape index (κ2) is 5.55. The van der Waals surface area contributed by atoms with Crippen LogP contribution in [0, 0.1) is 11.6 Å². The van der Waals surface area contributed by atoms with Crippen LogP contribution in [0.2, 0.25) is 0 Å². The standard InChI is InChI=1S/C14H6BrF5O/c15-9-5-6-10(16)11(12(9)17)13(21)7-1-3-8(4-2-7)14(18,19)20/h1-6H. The molecule has 0 aliphatic rings. The first kappa shape index (κ1) is 15.6. The van der Waals surface area contributed by atoms with E-state index in [1.54, 1.807) is 0 Å². The number of halogens is 6. The Bertz CT molecular complexity index is 692. The van der Waals surface area contributed by atoms with Crippen LogP contribution in [0.5, 0.6) is 0 Å². The van der Waals surface area contributed by atoms with Crippen LogP contribution in [0.15, 0.2) is 40.9 Å². The Morgan fingerprint density at radius 3 is 2.05 bits per heavy atom. The third-order valence-electron chi connectivity index (χ3n) is 2.75. The van der Waals surface area contributed by atoms with E-state index in [1.807, 2.05) is 0 Å². The Balaban J connectivity index is 2.44. The molecule has 0 unspecified atom stereocenters. The summed E-state index contributed by atoms with van der Waals surface area (Å²) in [5.41, 5.74) is -2.00. The van der Waals surface area contributed by atoms with Crippen LogP contribution in [0.25, 0.3) is 0 Å². The van der Waals surface area contributed by atoms with Crippen molar-refractivity contribution in [3.8, 4) is 0 Å². The van der Waals surface area contributed by atoms with E-state index in [1.165, 1.54) is 0 Å². The van der Waals surface area contributed by atoms with Crippen molar-refractivity contribution in [3.63, 3.8) is 0 Å². The van der Waals surface area contributed by atoms with E-state index in [-0.39, 0.29) is 10.0 Å². The summed E-state index contributed by atoms with van der Waals surface area (Å²) in [5, 5.41) is 0. The van der Waals surface area contributed by atoms with Gasteiger partial charge < -0.3 is 0 Å². The summed E-state index contributed by atoms with van der Waals surface area (Å²) < 4.78 is 64.5. The molecule has 0 heterocycles. The van der Waals surface area contributed by atoms with Crippen LogP contribution in [-0.4, -0.2) is 5.78 Å².